The third-order valence-corrected chi connectivity index (χ3v) is 5.18. The van der Waals surface area contributed by atoms with Gasteiger partial charge in [0.05, 0.1) is 12.2 Å². The molecule has 0 radical (unpaired) electrons. The van der Waals surface area contributed by atoms with E-state index < -0.39 is 40.8 Å². The number of halogens is 5. The molecule has 0 atom stereocenters. The lowest BCUT2D eigenvalue weighted by atomic mass is 10.1. The monoisotopic (exact) mass is 466 g/mol. The number of rotatable bonds is 10. The summed E-state index contributed by atoms with van der Waals surface area (Å²) in [6.07, 6.45) is 6.89. The molecule has 3 aromatic carbocycles. The summed E-state index contributed by atoms with van der Waals surface area (Å²) in [5, 5.41) is 1.34. The lowest BCUT2D eigenvalue weighted by Crippen LogP contribution is -2.13. The highest BCUT2D eigenvalue weighted by Crippen LogP contribution is 2.30. The second kappa shape index (κ2) is 11.1. The quantitative estimate of drug-likeness (QED) is 0.0775. The van der Waals surface area contributed by atoms with Crippen LogP contribution in [0.2, 0.25) is 0 Å². The predicted molar refractivity (Wildman–Crippen MR) is 114 cm³/mol. The molecule has 0 fully saturated rings. The van der Waals surface area contributed by atoms with Gasteiger partial charge in [0.15, 0.2) is 0 Å². The van der Waals surface area contributed by atoms with Gasteiger partial charge in [-0.3, -0.25) is 0 Å². The van der Waals surface area contributed by atoms with Crippen LogP contribution < -0.4 is 9.47 Å². The van der Waals surface area contributed by atoms with Gasteiger partial charge in [-0.05, 0) is 41.5 Å². The van der Waals surface area contributed by atoms with E-state index in [1.54, 1.807) is 24.3 Å². The Balaban J connectivity index is 1.67. The molecular formula is C25H23F5O3. The Kier molecular flexibility index (Phi) is 8.25. The normalized spacial score (nSPS) is 11.1. The lowest BCUT2D eigenvalue weighted by Gasteiger charge is -2.10. The third kappa shape index (κ3) is 5.80. The van der Waals surface area contributed by atoms with Gasteiger partial charge in [-0.25, -0.2) is 18.0 Å². The van der Waals surface area contributed by atoms with E-state index in [1.165, 1.54) is 37.8 Å². The molecule has 0 aliphatic carbocycles. The van der Waals surface area contributed by atoms with Crippen LogP contribution in [0, 0.1) is 29.1 Å². The van der Waals surface area contributed by atoms with Crippen molar-refractivity contribution in [2.24, 2.45) is 0 Å². The number of hydrogen-bond acceptors (Lipinski definition) is 3. The maximum absolute atomic E-state index is 13.8. The summed E-state index contributed by atoms with van der Waals surface area (Å²) in [4.78, 5) is 12.3. The van der Waals surface area contributed by atoms with Crippen LogP contribution in [0.15, 0.2) is 36.4 Å². The van der Waals surface area contributed by atoms with E-state index in [0.717, 1.165) is 18.2 Å². The predicted octanol–water partition coefficient (Wildman–Crippen LogP) is 7.49. The Morgan fingerprint density at radius 2 is 1.30 bits per heavy atom. The van der Waals surface area contributed by atoms with Crippen LogP contribution >= 0.6 is 0 Å². The number of ether oxygens (including phenoxy) is 2. The minimum atomic E-state index is -2.33. The number of carbonyl (C=O) groups is 1. The fraction of sp³-hybridized carbons (Fsp3) is 0.320. The second-order valence-corrected chi connectivity index (χ2v) is 7.63. The zero-order valence-electron chi connectivity index (χ0n) is 18.0. The fourth-order valence-electron chi connectivity index (χ4n) is 3.34. The molecule has 0 aromatic heterocycles. The largest absolute Gasteiger partial charge is 0.494 e. The number of fused-ring (bicyclic) bond motifs is 1. The fourth-order valence-corrected chi connectivity index (χ4v) is 3.34. The molecule has 0 aliphatic heterocycles. The van der Waals surface area contributed by atoms with Crippen LogP contribution in [-0.2, 0) is 0 Å². The lowest BCUT2D eigenvalue weighted by molar-refractivity contribution is 0.0716. The molecule has 0 unspecified atom stereocenters. The van der Waals surface area contributed by atoms with Crippen LogP contribution in [0.4, 0.5) is 22.0 Å². The van der Waals surface area contributed by atoms with Crippen molar-refractivity contribution in [3.63, 3.8) is 0 Å². The zero-order valence-corrected chi connectivity index (χ0v) is 18.0. The smallest absolute Gasteiger partial charge is 0.343 e. The Morgan fingerprint density at radius 1 is 0.727 bits per heavy atom. The topological polar surface area (TPSA) is 35.5 Å². The van der Waals surface area contributed by atoms with Gasteiger partial charge < -0.3 is 9.47 Å². The maximum atomic E-state index is 13.8. The Morgan fingerprint density at radius 3 is 2.00 bits per heavy atom. The Hall–Kier alpha value is -3.16. The van der Waals surface area contributed by atoms with Gasteiger partial charge in [0.2, 0.25) is 34.8 Å². The van der Waals surface area contributed by atoms with Crippen molar-refractivity contribution in [1.82, 2.24) is 0 Å². The summed E-state index contributed by atoms with van der Waals surface area (Å²) < 4.78 is 77.6. The first-order valence-electron chi connectivity index (χ1n) is 10.7. The average Bonchev–Trinajstić information content (AvgIpc) is 2.83. The molecule has 3 nitrogen and oxygen atoms in total. The number of benzene rings is 3. The van der Waals surface area contributed by atoms with Gasteiger partial charge in [-0.1, -0.05) is 51.2 Å². The van der Waals surface area contributed by atoms with E-state index >= 15 is 0 Å². The van der Waals surface area contributed by atoms with Crippen molar-refractivity contribution in [3.05, 3.63) is 71.0 Å². The molecule has 176 valence electrons. The molecule has 0 saturated carbocycles. The molecule has 0 amide bonds. The number of carbonyl (C=O) groups excluding carboxylic acids is 1. The first kappa shape index (κ1) is 24.5. The minimum absolute atomic E-state index is 0.118. The molecule has 0 heterocycles. The van der Waals surface area contributed by atoms with Crippen molar-refractivity contribution in [3.8, 4) is 11.5 Å². The van der Waals surface area contributed by atoms with Gasteiger partial charge in [0, 0.05) is 0 Å². The first-order valence-corrected chi connectivity index (χ1v) is 10.7. The van der Waals surface area contributed by atoms with Crippen molar-refractivity contribution in [2.75, 3.05) is 6.61 Å². The standard InChI is InChI=1S/C25H23F5O3/c1-2-3-4-5-6-7-12-32-18-11-10-15-13-17(9-8-16(15)14-18)25(31)33-24-22(29)20(27)19(26)21(28)23(24)30/h8-11,13-14H,2-7,12H2,1H3. The molecule has 3 aromatic rings. The molecule has 0 bridgehead atoms. The van der Waals surface area contributed by atoms with Crippen LogP contribution in [0.5, 0.6) is 11.5 Å². The molecule has 0 spiro atoms. The molecule has 33 heavy (non-hydrogen) atoms. The first-order chi connectivity index (χ1) is 15.8. The summed E-state index contributed by atoms with van der Waals surface area (Å²) >= 11 is 0. The Labute approximate surface area is 188 Å². The van der Waals surface area contributed by atoms with E-state index in [-0.39, 0.29) is 5.56 Å². The van der Waals surface area contributed by atoms with Gasteiger partial charge in [0.25, 0.3) is 0 Å². The molecular weight excluding hydrogens is 443 g/mol. The van der Waals surface area contributed by atoms with E-state index in [1.807, 2.05) is 0 Å². The molecule has 0 saturated heterocycles. The highest BCUT2D eigenvalue weighted by Gasteiger charge is 2.28. The third-order valence-electron chi connectivity index (χ3n) is 5.18. The van der Waals surface area contributed by atoms with Gasteiger partial charge in [0.1, 0.15) is 5.75 Å². The average molecular weight is 466 g/mol. The highest BCUT2D eigenvalue weighted by atomic mass is 19.2. The van der Waals surface area contributed by atoms with Crippen molar-refractivity contribution < 1.29 is 36.2 Å². The molecule has 3 rings (SSSR count). The van der Waals surface area contributed by atoms with Crippen molar-refractivity contribution in [2.45, 2.75) is 45.4 Å². The SMILES string of the molecule is CCCCCCCCOc1ccc2cc(C(=O)Oc3c(F)c(F)c(F)c(F)c3F)ccc2c1. The number of hydrogen-bond donors (Lipinski definition) is 0. The van der Waals surface area contributed by atoms with E-state index in [2.05, 4.69) is 11.7 Å². The van der Waals surface area contributed by atoms with Gasteiger partial charge in [-0.2, -0.15) is 8.78 Å². The minimum Gasteiger partial charge on any atom is -0.494 e. The number of esters is 1. The van der Waals surface area contributed by atoms with Gasteiger partial charge >= 0.3 is 5.97 Å². The van der Waals surface area contributed by atoms with Gasteiger partial charge in [-0.15, -0.1) is 0 Å². The van der Waals surface area contributed by atoms with Crippen LogP contribution in [-0.4, -0.2) is 12.6 Å². The van der Waals surface area contributed by atoms with Crippen LogP contribution in [0.3, 0.4) is 0 Å². The molecule has 0 N–H and O–H groups in total. The Bertz CT molecular complexity index is 1120. The highest BCUT2D eigenvalue weighted by molar-refractivity contribution is 5.96. The summed E-state index contributed by atoms with van der Waals surface area (Å²) in [6.45, 7) is 2.76. The summed E-state index contributed by atoms with van der Waals surface area (Å²) in [5.41, 5.74) is -0.118. The molecule has 0 aliphatic rings. The second-order valence-electron chi connectivity index (χ2n) is 7.63. The van der Waals surface area contributed by atoms with Crippen molar-refractivity contribution in [1.29, 1.82) is 0 Å². The van der Waals surface area contributed by atoms with E-state index in [0.29, 0.717) is 17.7 Å². The summed E-state index contributed by atoms with van der Waals surface area (Å²) in [6, 6.07) is 9.49. The van der Waals surface area contributed by atoms with Crippen LogP contribution in [0.25, 0.3) is 10.8 Å². The van der Waals surface area contributed by atoms with E-state index in [4.69, 9.17) is 4.74 Å². The van der Waals surface area contributed by atoms with Crippen molar-refractivity contribution >= 4 is 16.7 Å². The number of unbranched alkanes of at least 4 members (excludes halogenated alkanes) is 5. The van der Waals surface area contributed by atoms with E-state index in [9.17, 15) is 26.7 Å². The summed E-state index contributed by atoms with van der Waals surface area (Å²) in [7, 11) is 0. The van der Waals surface area contributed by atoms with Crippen LogP contribution in [0.1, 0.15) is 55.8 Å². The molecule has 8 heteroatoms. The summed E-state index contributed by atoms with van der Waals surface area (Å²) in [5.74, 6) is -13.4. The maximum Gasteiger partial charge on any atom is 0.343 e. The zero-order chi connectivity index (χ0) is 24.0.